The fourth-order valence-corrected chi connectivity index (χ4v) is 3.60. The Bertz CT molecular complexity index is 730. The van der Waals surface area contributed by atoms with E-state index in [0.717, 1.165) is 38.9 Å². The molecular formula is C20H23NO5. The standard InChI is InChI=1S/C20H23NO5/c22-19(17-6-7-18(26-17)25-16-4-2-1-3-5-16)21-15-8-11-24-20(14-15)9-12-23-13-10-20/h1-7,15H,8-14H2,(H,21,22). The number of ether oxygens (including phenoxy) is 3. The van der Waals surface area contributed by atoms with Crippen LogP contribution in [0.15, 0.2) is 46.9 Å². The highest BCUT2D eigenvalue weighted by molar-refractivity contribution is 5.91. The molecule has 2 fully saturated rings. The molecule has 4 rings (SSSR count). The zero-order chi connectivity index (χ0) is 17.8. The predicted molar refractivity (Wildman–Crippen MR) is 94.4 cm³/mol. The fraction of sp³-hybridized carbons (Fsp3) is 0.450. The van der Waals surface area contributed by atoms with Crippen LogP contribution in [0.2, 0.25) is 0 Å². The molecule has 138 valence electrons. The number of amides is 1. The van der Waals surface area contributed by atoms with Crippen molar-refractivity contribution in [2.45, 2.75) is 37.3 Å². The minimum absolute atomic E-state index is 0.0814. The summed E-state index contributed by atoms with van der Waals surface area (Å²) in [5.41, 5.74) is -0.154. The van der Waals surface area contributed by atoms with Crippen molar-refractivity contribution < 1.29 is 23.4 Å². The van der Waals surface area contributed by atoms with Crippen molar-refractivity contribution in [1.29, 1.82) is 0 Å². The van der Waals surface area contributed by atoms with Crippen molar-refractivity contribution in [3.63, 3.8) is 0 Å². The van der Waals surface area contributed by atoms with Crippen molar-refractivity contribution in [2.75, 3.05) is 19.8 Å². The molecule has 1 atom stereocenters. The molecule has 0 aliphatic carbocycles. The van der Waals surface area contributed by atoms with Gasteiger partial charge in [0.05, 0.1) is 5.60 Å². The van der Waals surface area contributed by atoms with Crippen LogP contribution < -0.4 is 10.1 Å². The van der Waals surface area contributed by atoms with Crippen molar-refractivity contribution in [3.8, 4) is 11.7 Å². The first-order chi connectivity index (χ1) is 12.7. The van der Waals surface area contributed by atoms with E-state index in [-0.39, 0.29) is 23.3 Å². The molecule has 2 saturated heterocycles. The summed E-state index contributed by atoms with van der Waals surface area (Å²) in [6.45, 7) is 2.10. The Balaban J connectivity index is 1.36. The number of hydrogen-bond acceptors (Lipinski definition) is 5. The molecule has 1 aromatic heterocycles. The minimum Gasteiger partial charge on any atom is -0.426 e. The van der Waals surface area contributed by atoms with Gasteiger partial charge < -0.3 is 23.9 Å². The van der Waals surface area contributed by atoms with Crippen LogP contribution in [0.3, 0.4) is 0 Å². The topological polar surface area (TPSA) is 69.9 Å². The van der Waals surface area contributed by atoms with E-state index in [2.05, 4.69) is 5.32 Å². The molecule has 0 radical (unpaired) electrons. The smallest absolute Gasteiger partial charge is 0.290 e. The number of para-hydroxylation sites is 1. The monoisotopic (exact) mass is 357 g/mol. The van der Waals surface area contributed by atoms with Crippen LogP contribution >= 0.6 is 0 Å². The van der Waals surface area contributed by atoms with Crippen LogP contribution in [0.1, 0.15) is 36.2 Å². The lowest BCUT2D eigenvalue weighted by molar-refractivity contribution is -0.139. The Morgan fingerprint density at radius 2 is 1.88 bits per heavy atom. The van der Waals surface area contributed by atoms with Gasteiger partial charge in [-0.3, -0.25) is 4.79 Å². The van der Waals surface area contributed by atoms with E-state index in [9.17, 15) is 4.79 Å². The zero-order valence-corrected chi connectivity index (χ0v) is 14.6. The van der Waals surface area contributed by atoms with Crippen molar-refractivity contribution in [2.24, 2.45) is 0 Å². The second-order valence-electron chi connectivity index (χ2n) is 6.84. The third kappa shape index (κ3) is 3.92. The van der Waals surface area contributed by atoms with E-state index in [4.69, 9.17) is 18.6 Å². The van der Waals surface area contributed by atoms with Crippen molar-refractivity contribution in [3.05, 3.63) is 48.2 Å². The van der Waals surface area contributed by atoms with E-state index in [1.807, 2.05) is 30.3 Å². The van der Waals surface area contributed by atoms with Crippen LogP contribution in [0.25, 0.3) is 0 Å². The lowest BCUT2D eigenvalue weighted by atomic mass is 9.84. The lowest BCUT2D eigenvalue weighted by Gasteiger charge is -2.43. The molecule has 1 aromatic carbocycles. The number of rotatable bonds is 4. The van der Waals surface area contributed by atoms with Gasteiger partial charge in [0.15, 0.2) is 5.76 Å². The van der Waals surface area contributed by atoms with Gasteiger partial charge in [0.1, 0.15) is 5.75 Å². The van der Waals surface area contributed by atoms with Gasteiger partial charge in [-0.15, -0.1) is 0 Å². The summed E-state index contributed by atoms with van der Waals surface area (Å²) in [4.78, 5) is 12.5. The van der Waals surface area contributed by atoms with Gasteiger partial charge in [-0.1, -0.05) is 18.2 Å². The normalized spacial score (nSPS) is 22.1. The molecule has 2 aromatic rings. The molecule has 6 nitrogen and oxygen atoms in total. The van der Waals surface area contributed by atoms with Gasteiger partial charge in [0, 0.05) is 31.9 Å². The highest BCUT2D eigenvalue weighted by Gasteiger charge is 2.39. The fourth-order valence-electron chi connectivity index (χ4n) is 3.60. The molecule has 1 N–H and O–H groups in total. The Morgan fingerprint density at radius 1 is 1.08 bits per heavy atom. The Hall–Kier alpha value is -2.31. The van der Waals surface area contributed by atoms with Gasteiger partial charge in [0.25, 0.3) is 11.9 Å². The predicted octanol–water partition coefficient (Wildman–Crippen LogP) is 3.53. The maximum Gasteiger partial charge on any atom is 0.290 e. The second kappa shape index (κ2) is 7.51. The average molecular weight is 357 g/mol. The molecular weight excluding hydrogens is 334 g/mol. The van der Waals surface area contributed by atoms with Crippen molar-refractivity contribution in [1.82, 2.24) is 5.32 Å². The number of nitrogens with one attached hydrogen (secondary N) is 1. The van der Waals surface area contributed by atoms with Crippen LogP contribution in [0.4, 0.5) is 0 Å². The molecule has 0 bridgehead atoms. The summed E-state index contributed by atoms with van der Waals surface area (Å²) in [7, 11) is 0. The minimum atomic E-state index is -0.220. The number of furan rings is 1. The molecule has 26 heavy (non-hydrogen) atoms. The van der Waals surface area contributed by atoms with Crippen LogP contribution in [0.5, 0.6) is 11.7 Å². The van der Waals surface area contributed by atoms with E-state index in [0.29, 0.717) is 18.3 Å². The average Bonchev–Trinajstić information content (AvgIpc) is 3.12. The summed E-state index contributed by atoms with van der Waals surface area (Å²) < 4.78 is 22.6. The number of carbonyl (C=O) groups excluding carboxylic acids is 1. The molecule has 1 amide bonds. The summed E-state index contributed by atoms with van der Waals surface area (Å²) in [6.07, 6.45) is 3.39. The molecule has 1 unspecified atom stereocenters. The Morgan fingerprint density at radius 3 is 2.69 bits per heavy atom. The molecule has 0 saturated carbocycles. The molecule has 6 heteroatoms. The quantitative estimate of drug-likeness (QED) is 0.906. The summed E-state index contributed by atoms with van der Waals surface area (Å²) in [6, 6.07) is 12.7. The highest BCUT2D eigenvalue weighted by atomic mass is 16.6. The van der Waals surface area contributed by atoms with Gasteiger partial charge in [-0.2, -0.15) is 0 Å². The Labute approximate surface area is 152 Å². The first-order valence-corrected chi connectivity index (χ1v) is 9.08. The van der Waals surface area contributed by atoms with Crippen molar-refractivity contribution >= 4 is 5.91 Å². The number of carbonyl (C=O) groups is 1. The molecule has 2 aliphatic heterocycles. The SMILES string of the molecule is O=C(NC1CCOC2(CCOCC2)C1)c1ccc(Oc2ccccc2)o1. The summed E-state index contributed by atoms with van der Waals surface area (Å²) >= 11 is 0. The molecule has 2 aliphatic rings. The van der Waals surface area contributed by atoms with E-state index < -0.39 is 0 Å². The number of hydrogen-bond donors (Lipinski definition) is 1. The van der Waals surface area contributed by atoms with Crippen LogP contribution in [-0.2, 0) is 9.47 Å². The third-order valence-corrected chi connectivity index (χ3v) is 5.00. The van der Waals surface area contributed by atoms with E-state index >= 15 is 0 Å². The van der Waals surface area contributed by atoms with Gasteiger partial charge in [0.2, 0.25) is 0 Å². The first-order valence-electron chi connectivity index (χ1n) is 9.08. The lowest BCUT2D eigenvalue weighted by Crippen LogP contribution is -2.51. The first kappa shape index (κ1) is 17.1. The van der Waals surface area contributed by atoms with E-state index in [1.165, 1.54) is 0 Å². The van der Waals surface area contributed by atoms with E-state index in [1.54, 1.807) is 12.1 Å². The Kier molecular flexibility index (Phi) is 4.95. The highest BCUT2D eigenvalue weighted by Crippen LogP contribution is 2.34. The van der Waals surface area contributed by atoms with Crippen LogP contribution in [0, 0.1) is 0 Å². The third-order valence-electron chi connectivity index (χ3n) is 5.00. The largest absolute Gasteiger partial charge is 0.426 e. The van der Waals surface area contributed by atoms with Gasteiger partial charge in [-0.05, 0) is 43.9 Å². The maximum absolute atomic E-state index is 12.5. The van der Waals surface area contributed by atoms with Gasteiger partial charge in [-0.25, -0.2) is 0 Å². The maximum atomic E-state index is 12.5. The van der Waals surface area contributed by atoms with Gasteiger partial charge >= 0.3 is 0 Å². The second-order valence-corrected chi connectivity index (χ2v) is 6.84. The number of benzene rings is 1. The summed E-state index contributed by atoms with van der Waals surface area (Å²) in [5.74, 6) is 0.999. The molecule has 3 heterocycles. The van der Waals surface area contributed by atoms with Crippen LogP contribution in [-0.4, -0.2) is 37.4 Å². The molecule has 1 spiro atoms. The summed E-state index contributed by atoms with van der Waals surface area (Å²) in [5, 5.41) is 3.07. The zero-order valence-electron chi connectivity index (χ0n) is 14.6.